The van der Waals surface area contributed by atoms with Crippen molar-refractivity contribution in [1.29, 1.82) is 0 Å². The molecule has 2 aromatic carbocycles. The Morgan fingerprint density at radius 3 is 2.88 bits per heavy atom. The average molecular weight is 352 g/mol. The zero-order chi connectivity index (χ0) is 17.4. The number of carbonyl (C=O) groups excluding carboxylic acids is 1. The second kappa shape index (κ2) is 6.18. The van der Waals surface area contributed by atoms with Crippen LogP contribution in [0.4, 0.5) is 0 Å². The van der Waals surface area contributed by atoms with Crippen LogP contribution in [-0.2, 0) is 6.54 Å². The van der Waals surface area contributed by atoms with Crippen LogP contribution in [0, 0.1) is 0 Å². The van der Waals surface area contributed by atoms with E-state index in [-0.39, 0.29) is 5.91 Å². The maximum Gasteiger partial charge on any atom is 0.254 e. The van der Waals surface area contributed by atoms with E-state index >= 15 is 0 Å². The summed E-state index contributed by atoms with van der Waals surface area (Å²) in [6.07, 6.45) is 1.64. The second-order valence-electron chi connectivity index (χ2n) is 5.81. The van der Waals surface area contributed by atoms with Gasteiger partial charge >= 0.3 is 0 Å². The zero-order valence-corrected chi connectivity index (χ0v) is 14.2. The Bertz CT molecular complexity index is 974. The van der Waals surface area contributed by atoms with E-state index in [0.717, 1.165) is 16.7 Å². The molecule has 0 spiro atoms. The van der Waals surface area contributed by atoms with Crippen molar-refractivity contribution in [2.24, 2.45) is 0 Å². The van der Waals surface area contributed by atoms with Gasteiger partial charge in [-0.25, -0.2) is 4.98 Å². The van der Waals surface area contributed by atoms with E-state index in [1.807, 2.05) is 18.2 Å². The first-order valence-corrected chi connectivity index (χ1v) is 8.13. The number of hydrogen-bond acceptors (Lipinski definition) is 4. The topological polar surface area (TPSA) is 55.3 Å². The zero-order valence-electron chi connectivity index (χ0n) is 13.4. The van der Waals surface area contributed by atoms with Crippen LogP contribution in [0.25, 0.3) is 11.4 Å². The Morgan fingerprint density at radius 1 is 1.16 bits per heavy atom. The second-order valence-corrected chi connectivity index (χ2v) is 6.25. The number of carbonyl (C=O) groups is 1. The Balaban J connectivity index is 1.61. The monoisotopic (exact) mass is 351 g/mol. The number of halogens is 1. The van der Waals surface area contributed by atoms with Gasteiger partial charge in [-0.2, -0.15) is 4.98 Å². The van der Waals surface area contributed by atoms with Crippen LogP contribution >= 0.6 is 11.6 Å². The molecule has 0 bridgehead atoms. The minimum atomic E-state index is 0.0341. The molecule has 124 valence electrons. The normalized spacial score (nSPS) is 13.0. The molecular weight excluding hydrogens is 338 g/mol. The lowest BCUT2D eigenvalue weighted by atomic mass is 10.1. The van der Waals surface area contributed by atoms with Gasteiger partial charge in [0.2, 0.25) is 5.88 Å². The van der Waals surface area contributed by atoms with E-state index in [2.05, 4.69) is 9.97 Å². The van der Waals surface area contributed by atoms with Crippen LogP contribution in [0.15, 0.2) is 54.7 Å². The van der Waals surface area contributed by atoms with Crippen LogP contribution in [0.5, 0.6) is 11.6 Å². The fraction of sp³-hybridized carbons (Fsp3) is 0.105. The largest absolute Gasteiger partial charge is 0.439 e. The number of amides is 1. The number of nitrogens with zero attached hydrogens (tertiary/aromatic N) is 3. The fourth-order valence-electron chi connectivity index (χ4n) is 2.79. The lowest BCUT2D eigenvalue weighted by Crippen LogP contribution is -2.17. The molecule has 4 rings (SSSR count). The molecule has 2 heterocycles. The number of aromatic nitrogens is 2. The summed E-state index contributed by atoms with van der Waals surface area (Å²) in [5.41, 5.74) is 2.49. The predicted octanol–water partition coefficient (Wildman–Crippen LogP) is 4.17. The van der Waals surface area contributed by atoms with Crippen molar-refractivity contribution in [3.05, 3.63) is 70.9 Å². The summed E-state index contributed by atoms with van der Waals surface area (Å²) >= 11 is 6.02. The van der Waals surface area contributed by atoms with E-state index in [0.29, 0.717) is 29.0 Å². The molecule has 6 heteroatoms. The quantitative estimate of drug-likeness (QED) is 0.710. The van der Waals surface area contributed by atoms with Crippen LogP contribution in [-0.4, -0.2) is 27.8 Å². The van der Waals surface area contributed by atoms with Gasteiger partial charge in [0, 0.05) is 42.0 Å². The first-order valence-electron chi connectivity index (χ1n) is 7.75. The van der Waals surface area contributed by atoms with E-state index in [9.17, 15) is 4.79 Å². The molecule has 1 aliphatic heterocycles. The predicted molar refractivity (Wildman–Crippen MR) is 94.8 cm³/mol. The first kappa shape index (κ1) is 15.6. The number of benzene rings is 2. The van der Waals surface area contributed by atoms with Crippen molar-refractivity contribution in [2.45, 2.75) is 6.54 Å². The van der Waals surface area contributed by atoms with Gasteiger partial charge in [-0.1, -0.05) is 23.7 Å². The molecule has 0 fully saturated rings. The van der Waals surface area contributed by atoms with Gasteiger partial charge in [0.15, 0.2) is 5.82 Å². The van der Waals surface area contributed by atoms with Crippen molar-refractivity contribution in [3.8, 4) is 23.0 Å². The molecule has 25 heavy (non-hydrogen) atoms. The molecule has 0 saturated carbocycles. The smallest absolute Gasteiger partial charge is 0.254 e. The van der Waals surface area contributed by atoms with Crippen molar-refractivity contribution < 1.29 is 9.53 Å². The highest BCUT2D eigenvalue weighted by atomic mass is 35.5. The summed E-state index contributed by atoms with van der Waals surface area (Å²) in [6.45, 7) is 0.586. The maximum absolute atomic E-state index is 11.9. The first-order chi connectivity index (χ1) is 12.1. The third-order valence-electron chi connectivity index (χ3n) is 4.00. The number of fused-ring (bicyclic) bond motifs is 1. The van der Waals surface area contributed by atoms with Gasteiger partial charge in [0.05, 0.1) is 0 Å². The highest BCUT2D eigenvalue weighted by Crippen LogP contribution is 2.29. The Kier molecular flexibility index (Phi) is 3.86. The van der Waals surface area contributed by atoms with E-state index in [4.69, 9.17) is 16.3 Å². The molecule has 0 N–H and O–H groups in total. The molecule has 1 aromatic heterocycles. The minimum Gasteiger partial charge on any atom is -0.439 e. The SMILES string of the molecule is CN1Cc2cc(Oc3ccnc(-c4cccc(Cl)c4)n3)ccc2C1=O. The van der Waals surface area contributed by atoms with Gasteiger partial charge in [-0.05, 0) is 35.9 Å². The molecule has 5 nitrogen and oxygen atoms in total. The minimum absolute atomic E-state index is 0.0341. The molecule has 0 atom stereocenters. The summed E-state index contributed by atoms with van der Waals surface area (Å²) < 4.78 is 5.85. The van der Waals surface area contributed by atoms with Crippen molar-refractivity contribution in [1.82, 2.24) is 14.9 Å². The maximum atomic E-state index is 11.9. The standard InChI is InChI=1S/C19H14ClN3O2/c1-23-11-13-10-15(5-6-16(13)19(23)24)25-17-7-8-21-18(22-17)12-3-2-4-14(20)9-12/h2-10H,11H2,1H3. The molecule has 0 saturated heterocycles. The molecule has 0 radical (unpaired) electrons. The molecule has 0 aliphatic carbocycles. The van der Waals surface area contributed by atoms with Crippen LogP contribution in [0.1, 0.15) is 15.9 Å². The Labute approximate surface area is 149 Å². The summed E-state index contributed by atoms with van der Waals surface area (Å²) in [7, 11) is 1.78. The van der Waals surface area contributed by atoms with Crippen LogP contribution in [0.2, 0.25) is 5.02 Å². The third kappa shape index (κ3) is 3.06. The van der Waals surface area contributed by atoms with Crippen molar-refractivity contribution in [3.63, 3.8) is 0 Å². The number of ether oxygens (including phenoxy) is 1. The fourth-order valence-corrected chi connectivity index (χ4v) is 2.98. The molecule has 0 unspecified atom stereocenters. The summed E-state index contributed by atoms with van der Waals surface area (Å²) in [5, 5.41) is 0.625. The molecule has 1 aliphatic rings. The Morgan fingerprint density at radius 2 is 2.04 bits per heavy atom. The highest BCUT2D eigenvalue weighted by Gasteiger charge is 2.24. The number of hydrogen-bond donors (Lipinski definition) is 0. The van der Waals surface area contributed by atoms with Gasteiger partial charge in [-0.3, -0.25) is 4.79 Å². The van der Waals surface area contributed by atoms with Gasteiger partial charge in [-0.15, -0.1) is 0 Å². The lowest BCUT2D eigenvalue weighted by molar-refractivity contribution is 0.0816. The lowest BCUT2D eigenvalue weighted by Gasteiger charge is -2.07. The van der Waals surface area contributed by atoms with Gasteiger partial charge in [0.1, 0.15) is 5.75 Å². The summed E-state index contributed by atoms with van der Waals surface area (Å²) in [4.78, 5) is 22.3. The van der Waals surface area contributed by atoms with Crippen molar-refractivity contribution >= 4 is 17.5 Å². The highest BCUT2D eigenvalue weighted by molar-refractivity contribution is 6.30. The van der Waals surface area contributed by atoms with E-state index < -0.39 is 0 Å². The van der Waals surface area contributed by atoms with Crippen LogP contribution < -0.4 is 4.74 Å². The molecular formula is C19H14ClN3O2. The summed E-state index contributed by atoms with van der Waals surface area (Å²) in [6, 6.07) is 14.5. The van der Waals surface area contributed by atoms with Gasteiger partial charge in [0.25, 0.3) is 5.91 Å². The van der Waals surface area contributed by atoms with E-state index in [1.54, 1.807) is 48.5 Å². The summed E-state index contributed by atoms with van der Waals surface area (Å²) in [5.74, 6) is 1.64. The van der Waals surface area contributed by atoms with E-state index in [1.165, 1.54) is 0 Å². The number of rotatable bonds is 3. The third-order valence-corrected chi connectivity index (χ3v) is 4.23. The van der Waals surface area contributed by atoms with Crippen molar-refractivity contribution in [2.75, 3.05) is 7.05 Å². The Hall–Kier alpha value is -2.92. The molecule has 1 amide bonds. The average Bonchev–Trinajstić information content (AvgIpc) is 2.89. The molecule has 3 aromatic rings. The van der Waals surface area contributed by atoms with Crippen LogP contribution in [0.3, 0.4) is 0 Å². The van der Waals surface area contributed by atoms with Gasteiger partial charge < -0.3 is 9.64 Å².